The number of aromatic nitrogens is 1. The zero-order valence-corrected chi connectivity index (χ0v) is 13.1. The third-order valence-electron chi connectivity index (χ3n) is 3.79. The summed E-state index contributed by atoms with van der Waals surface area (Å²) in [6, 6.07) is 13.5. The number of hydrogen-bond acceptors (Lipinski definition) is 4. The van der Waals surface area contributed by atoms with Crippen LogP contribution in [0.15, 0.2) is 36.4 Å². The normalized spacial score (nSPS) is 10.3. The third-order valence-corrected chi connectivity index (χ3v) is 3.79. The predicted octanol–water partition coefficient (Wildman–Crippen LogP) is 3.73. The van der Waals surface area contributed by atoms with E-state index in [1.807, 2.05) is 36.4 Å². The van der Waals surface area contributed by atoms with E-state index in [1.54, 1.807) is 21.3 Å². The molecular formula is C18H16N2O3. The maximum Gasteiger partial charge on any atom is 0.161 e. The maximum atomic E-state index is 9.59. The molecule has 0 fully saturated rings. The minimum Gasteiger partial charge on any atom is -0.497 e. The second-order valence-corrected chi connectivity index (χ2v) is 4.97. The summed E-state index contributed by atoms with van der Waals surface area (Å²) in [5.74, 6) is 1.98. The van der Waals surface area contributed by atoms with Gasteiger partial charge in [0.25, 0.3) is 0 Å². The number of fused-ring (bicyclic) bond motifs is 1. The van der Waals surface area contributed by atoms with E-state index in [0.717, 1.165) is 22.2 Å². The highest BCUT2D eigenvalue weighted by atomic mass is 16.5. The second-order valence-electron chi connectivity index (χ2n) is 4.97. The molecule has 0 bridgehead atoms. The highest BCUT2D eigenvalue weighted by Gasteiger charge is 2.15. The Labute approximate surface area is 134 Å². The molecule has 3 aromatic rings. The molecule has 0 saturated carbocycles. The Hall–Kier alpha value is -3.13. The van der Waals surface area contributed by atoms with Gasteiger partial charge in [-0.1, -0.05) is 0 Å². The summed E-state index contributed by atoms with van der Waals surface area (Å²) in [6.07, 6.45) is 0. The lowest BCUT2D eigenvalue weighted by Gasteiger charge is -2.09. The molecule has 5 nitrogen and oxygen atoms in total. The maximum absolute atomic E-state index is 9.59. The number of hydrogen-bond donors (Lipinski definition) is 1. The van der Waals surface area contributed by atoms with Crippen LogP contribution < -0.4 is 14.2 Å². The van der Waals surface area contributed by atoms with Crippen LogP contribution in [-0.4, -0.2) is 26.3 Å². The highest BCUT2D eigenvalue weighted by molar-refractivity contribution is 5.94. The van der Waals surface area contributed by atoms with Gasteiger partial charge in [-0.2, -0.15) is 5.26 Å². The fourth-order valence-corrected chi connectivity index (χ4v) is 2.62. The average Bonchev–Trinajstić information content (AvgIpc) is 2.98. The van der Waals surface area contributed by atoms with Gasteiger partial charge in [0.2, 0.25) is 0 Å². The summed E-state index contributed by atoms with van der Waals surface area (Å²) in [5.41, 5.74) is 3.06. The van der Waals surface area contributed by atoms with Gasteiger partial charge in [0.15, 0.2) is 11.5 Å². The van der Waals surface area contributed by atoms with Crippen molar-refractivity contribution in [2.75, 3.05) is 21.3 Å². The monoisotopic (exact) mass is 308 g/mol. The Bertz CT molecular complexity index is 907. The number of nitriles is 1. The summed E-state index contributed by atoms with van der Waals surface area (Å²) in [5, 5.41) is 10.4. The highest BCUT2D eigenvalue weighted by Crippen LogP contribution is 2.36. The van der Waals surface area contributed by atoms with Crippen molar-refractivity contribution >= 4 is 10.9 Å². The van der Waals surface area contributed by atoms with E-state index < -0.39 is 0 Å². The summed E-state index contributed by atoms with van der Waals surface area (Å²) < 4.78 is 15.8. The first-order chi connectivity index (χ1) is 11.2. The SMILES string of the molecule is COc1ccc2[nH]c(-c3ccc(OC)c(OC)c3)c(C#N)c2c1. The molecule has 116 valence electrons. The van der Waals surface area contributed by atoms with Crippen molar-refractivity contribution in [3.8, 4) is 34.6 Å². The topological polar surface area (TPSA) is 67.3 Å². The van der Waals surface area contributed by atoms with Crippen molar-refractivity contribution in [1.29, 1.82) is 5.26 Å². The Morgan fingerprint density at radius 2 is 1.70 bits per heavy atom. The van der Waals surface area contributed by atoms with Crippen molar-refractivity contribution in [3.05, 3.63) is 42.0 Å². The number of aromatic amines is 1. The molecule has 23 heavy (non-hydrogen) atoms. The number of H-pyrrole nitrogens is 1. The molecule has 0 saturated heterocycles. The molecule has 0 aliphatic rings. The fraction of sp³-hybridized carbons (Fsp3) is 0.167. The molecule has 5 heteroatoms. The molecule has 0 amide bonds. The van der Waals surface area contributed by atoms with Crippen LogP contribution in [0.5, 0.6) is 17.2 Å². The molecule has 3 rings (SSSR count). The molecule has 0 spiro atoms. The molecule has 1 heterocycles. The summed E-state index contributed by atoms with van der Waals surface area (Å²) in [6.45, 7) is 0. The predicted molar refractivity (Wildman–Crippen MR) is 88.1 cm³/mol. The molecule has 0 atom stereocenters. The number of nitrogens with one attached hydrogen (secondary N) is 1. The van der Waals surface area contributed by atoms with Gasteiger partial charge in [-0.3, -0.25) is 0 Å². The van der Waals surface area contributed by atoms with Gasteiger partial charge in [0, 0.05) is 16.5 Å². The summed E-state index contributed by atoms with van der Waals surface area (Å²) in [4.78, 5) is 3.30. The summed E-state index contributed by atoms with van der Waals surface area (Å²) in [7, 11) is 4.78. The molecule has 2 aromatic carbocycles. The van der Waals surface area contributed by atoms with Crippen molar-refractivity contribution in [1.82, 2.24) is 4.98 Å². The average molecular weight is 308 g/mol. The lowest BCUT2D eigenvalue weighted by molar-refractivity contribution is 0.355. The Balaban J connectivity index is 2.22. The Morgan fingerprint density at radius 1 is 0.913 bits per heavy atom. The van der Waals surface area contributed by atoms with Crippen LogP contribution in [0, 0.1) is 11.3 Å². The zero-order chi connectivity index (χ0) is 16.4. The van der Waals surface area contributed by atoms with E-state index in [-0.39, 0.29) is 0 Å². The number of ether oxygens (including phenoxy) is 3. The molecule has 1 aromatic heterocycles. The van der Waals surface area contributed by atoms with Gasteiger partial charge in [0.1, 0.15) is 11.8 Å². The molecule has 0 radical (unpaired) electrons. The van der Waals surface area contributed by atoms with Crippen LogP contribution >= 0.6 is 0 Å². The van der Waals surface area contributed by atoms with Gasteiger partial charge in [-0.25, -0.2) is 0 Å². The van der Waals surface area contributed by atoms with Crippen LogP contribution in [0.1, 0.15) is 5.56 Å². The van der Waals surface area contributed by atoms with Crippen LogP contribution in [0.4, 0.5) is 0 Å². The van der Waals surface area contributed by atoms with E-state index in [4.69, 9.17) is 14.2 Å². The first-order valence-electron chi connectivity index (χ1n) is 7.04. The van der Waals surface area contributed by atoms with Crippen molar-refractivity contribution < 1.29 is 14.2 Å². The quantitative estimate of drug-likeness (QED) is 0.797. The molecule has 0 aliphatic carbocycles. The first-order valence-corrected chi connectivity index (χ1v) is 7.04. The number of rotatable bonds is 4. The zero-order valence-electron chi connectivity index (χ0n) is 13.1. The van der Waals surface area contributed by atoms with E-state index in [2.05, 4.69) is 11.1 Å². The lowest BCUT2D eigenvalue weighted by Crippen LogP contribution is -1.91. The molecule has 0 aliphatic heterocycles. The van der Waals surface area contributed by atoms with Crippen molar-refractivity contribution in [2.45, 2.75) is 0 Å². The molecule has 0 unspecified atom stereocenters. The van der Waals surface area contributed by atoms with E-state index >= 15 is 0 Å². The fourth-order valence-electron chi connectivity index (χ4n) is 2.62. The van der Waals surface area contributed by atoms with Gasteiger partial charge in [0.05, 0.1) is 32.6 Å². The Kier molecular flexibility index (Phi) is 3.82. The number of benzene rings is 2. The van der Waals surface area contributed by atoms with E-state index in [1.165, 1.54) is 0 Å². The lowest BCUT2D eigenvalue weighted by atomic mass is 10.1. The minimum atomic E-state index is 0.575. The van der Waals surface area contributed by atoms with Crippen LogP contribution in [0.25, 0.3) is 22.2 Å². The van der Waals surface area contributed by atoms with Gasteiger partial charge in [-0.05, 0) is 36.4 Å². The largest absolute Gasteiger partial charge is 0.497 e. The van der Waals surface area contributed by atoms with Crippen LogP contribution in [0.3, 0.4) is 0 Å². The standard InChI is InChI=1S/C18H16N2O3/c1-21-12-5-6-15-13(9-12)14(10-19)18(20-15)11-4-7-16(22-2)17(8-11)23-3/h4-9,20H,1-3H3. The minimum absolute atomic E-state index is 0.575. The van der Waals surface area contributed by atoms with Gasteiger partial charge < -0.3 is 19.2 Å². The molecular weight excluding hydrogens is 292 g/mol. The number of methoxy groups -OCH3 is 3. The molecule has 1 N–H and O–H groups in total. The summed E-state index contributed by atoms with van der Waals surface area (Å²) >= 11 is 0. The van der Waals surface area contributed by atoms with E-state index in [0.29, 0.717) is 22.8 Å². The Morgan fingerprint density at radius 3 is 2.35 bits per heavy atom. The van der Waals surface area contributed by atoms with Crippen molar-refractivity contribution in [3.63, 3.8) is 0 Å². The third kappa shape index (κ3) is 2.44. The number of nitrogens with zero attached hydrogens (tertiary/aromatic N) is 1. The first kappa shape index (κ1) is 14.8. The van der Waals surface area contributed by atoms with Gasteiger partial charge >= 0.3 is 0 Å². The van der Waals surface area contributed by atoms with Crippen LogP contribution in [-0.2, 0) is 0 Å². The van der Waals surface area contributed by atoms with Gasteiger partial charge in [-0.15, -0.1) is 0 Å². The smallest absolute Gasteiger partial charge is 0.161 e. The van der Waals surface area contributed by atoms with E-state index in [9.17, 15) is 5.26 Å². The second kappa shape index (κ2) is 5.93. The van der Waals surface area contributed by atoms with Crippen molar-refractivity contribution in [2.24, 2.45) is 0 Å². The van der Waals surface area contributed by atoms with Crippen LogP contribution in [0.2, 0.25) is 0 Å².